The normalized spacial score (nSPS) is 16.7. The summed E-state index contributed by atoms with van der Waals surface area (Å²) < 4.78 is 36.8. The van der Waals surface area contributed by atoms with Crippen molar-refractivity contribution in [3.8, 4) is 22.8 Å². The lowest BCUT2D eigenvalue weighted by Crippen LogP contribution is -2.26. The molecule has 10 heteroatoms. The zero-order valence-electron chi connectivity index (χ0n) is 18.6. The van der Waals surface area contributed by atoms with Gasteiger partial charge in [-0.2, -0.15) is 0 Å². The molecule has 1 aliphatic carbocycles. The molecule has 0 unspecified atom stereocenters. The molecular weight excluding hydrogens is 462 g/mol. The number of ketones is 1. The molecular formula is C25H22F2N2O6. The molecule has 0 radical (unpaired) electrons. The number of halogens is 2. The van der Waals surface area contributed by atoms with Crippen LogP contribution in [0.4, 0.5) is 8.78 Å². The predicted octanol–water partition coefficient (Wildman–Crippen LogP) is 3.71. The number of carboxylic acid groups (broad SMARTS) is 1. The Balaban J connectivity index is 0.00000304. The summed E-state index contributed by atoms with van der Waals surface area (Å²) in [6.07, 6.45) is -1.13. The molecule has 0 atom stereocenters. The summed E-state index contributed by atoms with van der Waals surface area (Å²) in [6, 6.07) is 10.9. The minimum Gasteiger partial charge on any atom is -0.480 e. The van der Waals surface area contributed by atoms with Crippen molar-refractivity contribution in [3.63, 3.8) is 0 Å². The fourth-order valence-corrected chi connectivity index (χ4v) is 4.33. The summed E-state index contributed by atoms with van der Waals surface area (Å²) in [5.74, 6) is -1.39. The molecule has 1 saturated carbocycles. The number of ether oxygens (including phenoxy) is 2. The fourth-order valence-electron chi connectivity index (χ4n) is 4.33. The van der Waals surface area contributed by atoms with Crippen LogP contribution >= 0.6 is 0 Å². The Morgan fingerprint density at radius 2 is 1.86 bits per heavy atom. The lowest BCUT2D eigenvalue weighted by molar-refractivity contribution is -0.286. The van der Waals surface area contributed by atoms with Gasteiger partial charge in [-0.15, -0.1) is 8.78 Å². The Morgan fingerprint density at radius 1 is 1.11 bits per heavy atom. The Morgan fingerprint density at radius 3 is 2.54 bits per heavy atom. The van der Waals surface area contributed by atoms with Crippen LogP contribution in [0.5, 0.6) is 11.5 Å². The fraction of sp³-hybridized carbons (Fsp3) is 0.280. The van der Waals surface area contributed by atoms with E-state index in [2.05, 4.69) is 14.5 Å². The molecule has 0 bridgehead atoms. The maximum absolute atomic E-state index is 13.4. The average molecular weight is 484 g/mol. The Kier molecular flexibility index (Phi) is 5.19. The SMILES string of the molecule is Cc1ccc(CC(=O)C2(c3ccc4c(c3)OC(F)(F)O4)CC2)nc1-c1ccn(CC(=O)O)c(=O)c1.[HH]. The number of aromatic nitrogens is 2. The summed E-state index contributed by atoms with van der Waals surface area (Å²) in [7, 11) is 0. The van der Waals surface area contributed by atoms with Crippen molar-refractivity contribution in [1.29, 1.82) is 0 Å². The number of pyridine rings is 2. The van der Waals surface area contributed by atoms with Crippen molar-refractivity contribution < 1.29 is 34.4 Å². The first kappa shape index (κ1) is 22.7. The van der Waals surface area contributed by atoms with Gasteiger partial charge in [-0.25, -0.2) is 0 Å². The molecule has 35 heavy (non-hydrogen) atoms. The second-order valence-corrected chi connectivity index (χ2v) is 8.75. The maximum atomic E-state index is 13.4. The smallest absolute Gasteiger partial charge is 0.480 e. The molecule has 182 valence electrons. The molecule has 0 spiro atoms. The number of carboxylic acids is 1. The van der Waals surface area contributed by atoms with Crippen molar-refractivity contribution in [3.05, 3.63) is 75.8 Å². The molecule has 8 nitrogen and oxygen atoms in total. The first-order chi connectivity index (χ1) is 16.6. The van der Waals surface area contributed by atoms with Crippen LogP contribution < -0.4 is 15.0 Å². The number of aliphatic carboxylic acids is 1. The van der Waals surface area contributed by atoms with Crippen LogP contribution in [0.15, 0.2) is 53.5 Å². The van der Waals surface area contributed by atoms with E-state index in [4.69, 9.17) is 5.11 Å². The van der Waals surface area contributed by atoms with E-state index in [9.17, 15) is 23.2 Å². The second kappa shape index (κ2) is 8.00. The zero-order valence-corrected chi connectivity index (χ0v) is 18.6. The molecule has 0 amide bonds. The Labute approximate surface area is 199 Å². The van der Waals surface area contributed by atoms with E-state index in [0.717, 1.165) is 10.1 Å². The van der Waals surface area contributed by atoms with Gasteiger partial charge in [0, 0.05) is 31.4 Å². The van der Waals surface area contributed by atoms with Gasteiger partial charge in [0.1, 0.15) is 12.3 Å². The number of hydrogen-bond donors (Lipinski definition) is 1. The highest BCUT2D eigenvalue weighted by Gasteiger charge is 2.52. The zero-order chi connectivity index (χ0) is 25.0. The number of hydrogen-bond acceptors (Lipinski definition) is 6. The number of nitrogens with zero attached hydrogens (tertiary/aromatic N) is 2. The van der Waals surface area contributed by atoms with Crippen LogP contribution in [0, 0.1) is 6.92 Å². The Bertz CT molecular complexity index is 1430. The summed E-state index contributed by atoms with van der Waals surface area (Å²) in [6.45, 7) is 1.38. The molecule has 3 heterocycles. The molecule has 1 fully saturated rings. The monoisotopic (exact) mass is 484 g/mol. The highest BCUT2D eigenvalue weighted by molar-refractivity contribution is 5.94. The van der Waals surface area contributed by atoms with Crippen LogP contribution in [0.25, 0.3) is 11.3 Å². The van der Waals surface area contributed by atoms with E-state index >= 15 is 0 Å². The number of fused-ring (bicyclic) bond motifs is 1. The van der Waals surface area contributed by atoms with Gasteiger partial charge in [0.2, 0.25) is 0 Å². The van der Waals surface area contributed by atoms with E-state index in [-0.39, 0.29) is 25.1 Å². The maximum Gasteiger partial charge on any atom is 0.586 e. The standard InChI is InChI=1S/C25H20F2N2O6.H2/c1-14-2-4-17(28-23(14)15-6-9-29(13-22(32)33)21(31)10-15)12-20(30)24(7-8-24)16-3-5-18-19(11-16)35-25(26,27)34-18;/h2-6,9-11H,7-8,12-13H2,1H3,(H,32,33);1H. The largest absolute Gasteiger partial charge is 0.586 e. The van der Waals surface area contributed by atoms with Gasteiger partial charge in [0.15, 0.2) is 11.5 Å². The lowest BCUT2D eigenvalue weighted by atomic mass is 9.88. The number of carbonyl (C=O) groups excluding carboxylic acids is 1. The third kappa shape index (κ3) is 4.27. The second-order valence-electron chi connectivity index (χ2n) is 8.75. The van der Waals surface area contributed by atoms with Crippen LogP contribution in [-0.4, -0.2) is 32.7 Å². The summed E-state index contributed by atoms with van der Waals surface area (Å²) in [5.41, 5.74) is 1.65. The van der Waals surface area contributed by atoms with Crippen molar-refractivity contribution in [2.24, 2.45) is 0 Å². The number of aryl methyl sites for hydroxylation is 1. The van der Waals surface area contributed by atoms with Crippen molar-refractivity contribution in [2.75, 3.05) is 0 Å². The van der Waals surface area contributed by atoms with Gasteiger partial charge in [-0.3, -0.25) is 19.4 Å². The van der Waals surface area contributed by atoms with Crippen LogP contribution in [0.3, 0.4) is 0 Å². The molecule has 3 aromatic rings. The van der Waals surface area contributed by atoms with Crippen molar-refractivity contribution >= 4 is 11.8 Å². The van der Waals surface area contributed by atoms with E-state index in [0.29, 0.717) is 35.4 Å². The number of Topliss-reactive ketones (excluding diaryl/α,β-unsaturated/α-hetero) is 1. The molecule has 5 rings (SSSR count). The van der Waals surface area contributed by atoms with E-state index in [1.165, 1.54) is 24.4 Å². The summed E-state index contributed by atoms with van der Waals surface area (Å²) in [5, 5.41) is 8.91. The lowest BCUT2D eigenvalue weighted by Gasteiger charge is -2.16. The number of alkyl halides is 2. The van der Waals surface area contributed by atoms with Crippen LogP contribution in [0.1, 0.15) is 31.1 Å². The molecule has 1 aliphatic heterocycles. The predicted molar refractivity (Wildman–Crippen MR) is 121 cm³/mol. The van der Waals surface area contributed by atoms with Gasteiger partial charge >= 0.3 is 12.3 Å². The van der Waals surface area contributed by atoms with Gasteiger partial charge in [-0.05, 0) is 55.2 Å². The highest BCUT2D eigenvalue weighted by Crippen LogP contribution is 2.52. The molecule has 0 saturated heterocycles. The van der Waals surface area contributed by atoms with Crippen molar-refractivity contribution in [1.82, 2.24) is 9.55 Å². The third-order valence-electron chi connectivity index (χ3n) is 6.31. The highest BCUT2D eigenvalue weighted by atomic mass is 19.3. The Hall–Kier alpha value is -4.08. The number of carbonyl (C=O) groups is 2. The third-order valence-corrected chi connectivity index (χ3v) is 6.31. The van der Waals surface area contributed by atoms with Gasteiger partial charge in [0.25, 0.3) is 5.56 Å². The first-order valence-corrected chi connectivity index (χ1v) is 10.9. The first-order valence-electron chi connectivity index (χ1n) is 10.9. The molecule has 2 aromatic heterocycles. The average Bonchev–Trinajstić information content (AvgIpc) is 3.53. The van der Waals surface area contributed by atoms with E-state index < -0.39 is 29.8 Å². The minimum absolute atomic E-state index is 0. The van der Waals surface area contributed by atoms with Gasteiger partial charge in [0.05, 0.1) is 11.1 Å². The van der Waals surface area contributed by atoms with E-state index in [1.54, 1.807) is 24.3 Å². The molecule has 1 N–H and O–H groups in total. The quantitative estimate of drug-likeness (QED) is 0.545. The van der Waals surface area contributed by atoms with Crippen LogP contribution in [-0.2, 0) is 28.0 Å². The summed E-state index contributed by atoms with van der Waals surface area (Å²) >= 11 is 0. The minimum atomic E-state index is -3.72. The summed E-state index contributed by atoms with van der Waals surface area (Å²) in [4.78, 5) is 41.1. The molecule has 2 aliphatic rings. The molecule has 1 aromatic carbocycles. The van der Waals surface area contributed by atoms with Gasteiger partial charge < -0.3 is 19.1 Å². The van der Waals surface area contributed by atoms with Gasteiger partial charge in [-0.1, -0.05) is 12.1 Å². The number of rotatable bonds is 7. The topological polar surface area (TPSA) is 108 Å². The van der Waals surface area contributed by atoms with Crippen LogP contribution in [0.2, 0.25) is 0 Å². The number of benzene rings is 1. The van der Waals surface area contributed by atoms with E-state index in [1.807, 2.05) is 6.92 Å². The van der Waals surface area contributed by atoms with Crippen molar-refractivity contribution in [2.45, 2.75) is 44.4 Å².